The first-order chi connectivity index (χ1) is 17.0. The number of carbonyl (C=O) groups excluding carboxylic acids is 1. The van der Waals surface area contributed by atoms with Crippen molar-refractivity contribution < 1.29 is 14.6 Å². The fraction of sp³-hybridized carbons (Fsp3) is 0.481. The Labute approximate surface area is 206 Å². The average molecular weight is 476 g/mol. The van der Waals surface area contributed by atoms with Crippen LogP contribution in [0.15, 0.2) is 42.6 Å². The van der Waals surface area contributed by atoms with Gasteiger partial charge in [-0.2, -0.15) is 0 Å². The molecule has 8 nitrogen and oxygen atoms in total. The van der Waals surface area contributed by atoms with Crippen molar-refractivity contribution in [3.8, 4) is 5.75 Å². The molecule has 3 aromatic rings. The summed E-state index contributed by atoms with van der Waals surface area (Å²) in [7, 11) is 0. The van der Waals surface area contributed by atoms with E-state index in [0.29, 0.717) is 50.7 Å². The summed E-state index contributed by atoms with van der Waals surface area (Å²) in [6.45, 7) is 7.10. The standard InChI is InChI=1S/C27H33N5O3/c1-3-35-21-9-10-23-22(17-21)19(2)29-26(30-23)32-14-6-7-20(18-32)25(33)31-15-11-27(34,12-16-31)24-8-4-5-13-28-24/h4-5,8-10,13,17,20,34H,3,6-7,11-12,14-16,18H2,1-2H3/t20-/m0/s1. The first-order valence-corrected chi connectivity index (χ1v) is 12.6. The average Bonchev–Trinajstić information content (AvgIpc) is 2.90. The fourth-order valence-electron chi connectivity index (χ4n) is 5.25. The molecule has 0 radical (unpaired) electrons. The van der Waals surface area contributed by atoms with Crippen LogP contribution in [0.4, 0.5) is 5.95 Å². The lowest BCUT2D eigenvalue weighted by Gasteiger charge is -2.40. The van der Waals surface area contributed by atoms with Gasteiger partial charge in [-0.25, -0.2) is 9.97 Å². The van der Waals surface area contributed by atoms with E-state index >= 15 is 0 Å². The molecule has 1 N–H and O–H groups in total. The van der Waals surface area contributed by atoms with Crippen LogP contribution >= 0.6 is 0 Å². The van der Waals surface area contributed by atoms with Crippen LogP contribution in [0.3, 0.4) is 0 Å². The Morgan fingerprint density at radius 3 is 2.74 bits per heavy atom. The predicted octanol–water partition coefficient (Wildman–Crippen LogP) is 3.46. The minimum Gasteiger partial charge on any atom is -0.494 e. The van der Waals surface area contributed by atoms with Gasteiger partial charge in [0.05, 0.1) is 29.4 Å². The summed E-state index contributed by atoms with van der Waals surface area (Å²) in [5.74, 6) is 1.57. The van der Waals surface area contributed by atoms with E-state index < -0.39 is 5.60 Å². The second-order valence-corrected chi connectivity index (χ2v) is 9.58. The van der Waals surface area contributed by atoms with Crippen LogP contribution in [-0.4, -0.2) is 63.7 Å². The molecule has 4 heterocycles. The number of fused-ring (bicyclic) bond motifs is 1. The Morgan fingerprint density at radius 1 is 1.17 bits per heavy atom. The third kappa shape index (κ3) is 4.80. The van der Waals surface area contributed by atoms with E-state index in [9.17, 15) is 9.90 Å². The van der Waals surface area contributed by atoms with Crippen molar-refractivity contribution in [3.63, 3.8) is 0 Å². The summed E-state index contributed by atoms with van der Waals surface area (Å²) in [6.07, 6.45) is 4.49. The fourth-order valence-corrected chi connectivity index (χ4v) is 5.25. The number of benzene rings is 1. The molecule has 2 aliphatic heterocycles. The Kier molecular flexibility index (Phi) is 6.56. The molecule has 8 heteroatoms. The topological polar surface area (TPSA) is 91.7 Å². The van der Waals surface area contributed by atoms with E-state index in [1.54, 1.807) is 6.20 Å². The molecule has 5 rings (SSSR count). The molecule has 2 fully saturated rings. The smallest absolute Gasteiger partial charge is 0.227 e. The van der Waals surface area contributed by atoms with Crippen molar-refractivity contribution >= 4 is 22.8 Å². The van der Waals surface area contributed by atoms with E-state index in [2.05, 4.69) is 9.88 Å². The van der Waals surface area contributed by atoms with Crippen LogP contribution in [-0.2, 0) is 10.4 Å². The Morgan fingerprint density at radius 2 is 2.00 bits per heavy atom. The van der Waals surface area contributed by atoms with Crippen molar-refractivity contribution in [3.05, 3.63) is 54.0 Å². The zero-order valence-corrected chi connectivity index (χ0v) is 20.5. The van der Waals surface area contributed by atoms with Gasteiger partial charge >= 0.3 is 0 Å². The Balaban J connectivity index is 1.26. The number of pyridine rings is 1. The largest absolute Gasteiger partial charge is 0.494 e. The van der Waals surface area contributed by atoms with Crippen LogP contribution in [0.2, 0.25) is 0 Å². The number of nitrogens with zero attached hydrogens (tertiary/aromatic N) is 5. The SMILES string of the molecule is CCOc1ccc2nc(N3CCC[C@H](C(=O)N4CCC(O)(c5ccccn5)CC4)C3)nc(C)c2c1. The van der Waals surface area contributed by atoms with Gasteiger partial charge in [-0.3, -0.25) is 9.78 Å². The summed E-state index contributed by atoms with van der Waals surface area (Å²) >= 11 is 0. The summed E-state index contributed by atoms with van der Waals surface area (Å²) < 4.78 is 5.62. The summed E-state index contributed by atoms with van der Waals surface area (Å²) in [4.78, 5) is 31.4. The summed E-state index contributed by atoms with van der Waals surface area (Å²) in [5.41, 5.74) is 1.52. The van der Waals surface area contributed by atoms with E-state index in [1.807, 2.05) is 55.1 Å². The predicted molar refractivity (Wildman–Crippen MR) is 134 cm³/mol. The van der Waals surface area contributed by atoms with Gasteiger partial charge in [-0.15, -0.1) is 0 Å². The van der Waals surface area contributed by atoms with E-state index in [0.717, 1.165) is 41.7 Å². The number of aliphatic hydroxyl groups is 1. The number of likely N-dealkylation sites (tertiary alicyclic amines) is 1. The maximum atomic E-state index is 13.4. The normalized spacial score (nSPS) is 20.1. The molecule has 35 heavy (non-hydrogen) atoms. The molecule has 0 bridgehead atoms. The van der Waals surface area contributed by atoms with Crippen molar-refractivity contribution in [1.82, 2.24) is 19.9 Å². The van der Waals surface area contributed by atoms with E-state index in [-0.39, 0.29) is 11.8 Å². The van der Waals surface area contributed by atoms with E-state index in [4.69, 9.17) is 14.7 Å². The maximum Gasteiger partial charge on any atom is 0.227 e. The second-order valence-electron chi connectivity index (χ2n) is 9.58. The monoisotopic (exact) mass is 475 g/mol. The van der Waals surface area contributed by atoms with Gasteiger partial charge in [0.1, 0.15) is 11.4 Å². The minimum absolute atomic E-state index is 0.0928. The van der Waals surface area contributed by atoms with Gasteiger partial charge in [-0.1, -0.05) is 6.07 Å². The molecule has 184 valence electrons. The zero-order valence-electron chi connectivity index (χ0n) is 20.5. The van der Waals surface area contributed by atoms with Gasteiger partial charge in [0, 0.05) is 37.8 Å². The number of rotatable bonds is 5. The van der Waals surface area contributed by atoms with Crippen LogP contribution in [0.5, 0.6) is 5.75 Å². The number of carbonyl (C=O) groups is 1. The van der Waals surface area contributed by atoms with Gasteiger partial charge in [0.15, 0.2) is 0 Å². The zero-order chi connectivity index (χ0) is 24.4. The highest BCUT2D eigenvalue weighted by Crippen LogP contribution is 2.33. The molecule has 2 aromatic heterocycles. The van der Waals surface area contributed by atoms with Crippen LogP contribution in [0.25, 0.3) is 10.9 Å². The number of piperidine rings is 2. The second kappa shape index (κ2) is 9.77. The summed E-state index contributed by atoms with van der Waals surface area (Å²) in [5, 5.41) is 12.1. The van der Waals surface area contributed by atoms with Crippen molar-refractivity contribution in [1.29, 1.82) is 0 Å². The van der Waals surface area contributed by atoms with Gasteiger partial charge in [0.25, 0.3) is 0 Å². The molecule has 2 aliphatic rings. The number of hydrogen-bond donors (Lipinski definition) is 1. The number of hydrogen-bond acceptors (Lipinski definition) is 7. The highest BCUT2D eigenvalue weighted by Gasteiger charge is 2.38. The molecule has 1 atom stereocenters. The number of ether oxygens (including phenoxy) is 1. The molecule has 0 spiro atoms. The first kappa shape index (κ1) is 23.5. The molecule has 1 aromatic carbocycles. The highest BCUT2D eigenvalue weighted by molar-refractivity contribution is 5.83. The number of aryl methyl sites for hydroxylation is 1. The van der Waals surface area contributed by atoms with Gasteiger partial charge < -0.3 is 19.6 Å². The van der Waals surface area contributed by atoms with Crippen molar-refractivity contribution in [2.75, 3.05) is 37.7 Å². The van der Waals surface area contributed by atoms with Gasteiger partial charge in [-0.05, 0) is 69.9 Å². The molecular weight excluding hydrogens is 442 g/mol. The minimum atomic E-state index is -0.963. The van der Waals surface area contributed by atoms with Crippen molar-refractivity contribution in [2.45, 2.75) is 45.1 Å². The quantitative estimate of drug-likeness (QED) is 0.604. The Bertz CT molecular complexity index is 1190. The summed E-state index contributed by atoms with van der Waals surface area (Å²) in [6, 6.07) is 11.5. The van der Waals surface area contributed by atoms with Gasteiger partial charge in [0.2, 0.25) is 11.9 Å². The molecule has 0 saturated carbocycles. The van der Waals surface area contributed by atoms with Crippen LogP contribution < -0.4 is 9.64 Å². The van der Waals surface area contributed by atoms with Crippen molar-refractivity contribution in [2.24, 2.45) is 5.92 Å². The first-order valence-electron chi connectivity index (χ1n) is 12.6. The molecule has 2 saturated heterocycles. The molecule has 0 aliphatic carbocycles. The third-order valence-electron chi connectivity index (χ3n) is 7.25. The van der Waals surface area contributed by atoms with E-state index in [1.165, 1.54) is 0 Å². The number of anilines is 1. The molecule has 0 unspecified atom stereocenters. The molecular formula is C27H33N5O3. The van der Waals surface area contributed by atoms with Crippen LogP contribution in [0.1, 0.15) is 44.0 Å². The highest BCUT2D eigenvalue weighted by atomic mass is 16.5. The third-order valence-corrected chi connectivity index (χ3v) is 7.25. The lowest BCUT2D eigenvalue weighted by molar-refractivity contribution is -0.140. The lowest BCUT2D eigenvalue weighted by Crippen LogP contribution is -2.50. The lowest BCUT2D eigenvalue weighted by atomic mass is 9.86. The van der Waals surface area contributed by atoms with Crippen LogP contribution in [0, 0.1) is 12.8 Å². The number of amides is 1. The molecule has 1 amide bonds. The Hall–Kier alpha value is -3.26. The number of aromatic nitrogens is 3. The maximum absolute atomic E-state index is 13.4.